The van der Waals surface area contributed by atoms with Crippen LogP contribution in [0.5, 0.6) is 0 Å². The van der Waals surface area contributed by atoms with Crippen molar-refractivity contribution in [1.82, 2.24) is 10.0 Å². The molecule has 0 heterocycles. The van der Waals surface area contributed by atoms with Gasteiger partial charge in [-0.3, -0.25) is 4.79 Å². The Labute approximate surface area is 147 Å². The Morgan fingerprint density at radius 1 is 1.08 bits per heavy atom. The number of carbonyl (C=O) groups is 1. The number of amides is 1. The molecule has 0 unspecified atom stereocenters. The zero-order chi connectivity index (χ0) is 17.7. The van der Waals surface area contributed by atoms with Crippen LogP contribution in [0.15, 0.2) is 52.3 Å². The molecule has 0 spiro atoms. The highest BCUT2D eigenvalue weighted by molar-refractivity contribution is 7.89. The number of hydrogen-bond donors (Lipinski definition) is 3. The molecule has 0 aliphatic heterocycles. The maximum absolute atomic E-state index is 12.3. The predicted molar refractivity (Wildman–Crippen MR) is 97.1 cm³/mol. The quantitative estimate of drug-likeness (QED) is 0.544. The molecule has 0 saturated carbocycles. The van der Waals surface area contributed by atoms with Crippen LogP contribution in [0.4, 0.5) is 0 Å². The molecular formula is C17H20N2O3S2. The molecule has 0 fully saturated rings. The van der Waals surface area contributed by atoms with Gasteiger partial charge in [0.25, 0.3) is 5.91 Å². The highest BCUT2D eigenvalue weighted by atomic mass is 32.2. The normalized spacial score (nSPS) is 11.3. The van der Waals surface area contributed by atoms with Crippen molar-refractivity contribution >= 4 is 28.6 Å². The molecule has 2 N–H and O–H groups in total. The second-order valence-corrected chi connectivity index (χ2v) is 7.66. The minimum Gasteiger partial charge on any atom is -0.351 e. The van der Waals surface area contributed by atoms with Crippen LogP contribution in [0.25, 0.3) is 0 Å². The third kappa shape index (κ3) is 4.59. The van der Waals surface area contributed by atoms with E-state index in [9.17, 15) is 13.2 Å². The first-order valence-electron chi connectivity index (χ1n) is 7.44. The molecule has 0 radical (unpaired) electrons. The zero-order valence-electron chi connectivity index (χ0n) is 13.5. The van der Waals surface area contributed by atoms with Gasteiger partial charge in [0.05, 0.1) is 10.5 Å². The van der Waals surface area contributed by atoms with Gasteiger partial charge in [-0.25, -0.2) is 13.1 Å². The van der Waals surface area contributed by atoms with Crippen molar-refractivity contribution in [3.63, 3.8) is 0 Å². The number of carbonyl (C=O) groups excluding carboxylic acids is 1. The minimum absolute atomic E-state index is 0.107. The van der Waals surface area contributed by atoms with E-state index < -0.39 is 10.0 Å². The Bertz CT molecular complexity index is 849. The Balaban J connectivity index is 1.92. The van der Waals surface area contributed by atoms with Crippen molar-refractivity contribution in [3.8, 4) is 0 Å². The number of hydrogen-bond acceptors (Lipinski definition) is 4. The average Bonchev–Trinajstić information content (AvgIpc) is 2.51. The summed E-state index contributed by atoms with van der Waals surface area (Å²) in [7, 11) is -3.59. The summed E-state index contributed by atoms with van der Waals surface area (Å²) in [6, 6.07) is 12.1. The molecule has 0 atom stereocenters. The first-order chi connectivity index (χ1) is 11.3. The third-order valence-corrected chi connectivity index (χ3v) is 5.48. The summed E-state index contributed by atoms with van der Waals surface area (Å²) in [5.41, 5.74) is 2.15. The van der Waals surface area contributed by atoms with Gasteiger partial charge in [-0.05, 0) is 37.6 Å². The third-order valence-electron chi connectivity index (χ3n) is 3.47. The van der Waals surface area contributed by atoms with Gasteiger partial charge >= 0.3 is 0 Å². The summed E-state index contributed by atoms with van der Waals surface area (Å²) >= 11 is 4.22. The van der Waals surface area contributed by atoms with Crippen LogP contribution in [0.3, 0.4) is 0 Å². The number of sulfonamides is 1. The van der Waals surface area contributed by atoms with Gasteiger partial charge < -0.3 is 5.32 Å². The standard InChI is InChI=1S/C17H20N2O3S2/c1-12-7-8-16(13(2)11-12)24(21,22)19-10-9-18-17(20)14-5-3-4-6-15(14)23/h3-8,11,19,23H,9-10H2,1-2H3,(H,18,20). The summed E-state index contributed by atoms with van der Waals surface area (Å²) in [5, 5.41) is 2.67. The van der Waals surface area contributed by atoms with Gasteiger partial charge in [0, 0.05) is 18.0 Å². The van der Waals surface area contributed by atoms with E-state index in [1.165, 1.54) is 0 Å². The summed E-state index contributed by atoms with van der Waals surface area (Å²) in [6.07, 6.45) is 0. The fourth-order valence-electron chi connectivity index (χ4n) is 2.30. The average molecular weight is 364 g/mol. The lowest BCUT2D eigenvalue weighted by Gasteiger charge is -2.11. The predicted octanol–water partition coefficient (Wildman–Crippen LogP) is 2.30. The Morgan fingerprint density at radius 2 is 1.79 bits per heavy atom. The van der Waals surface area contributed by atoms with Gasteiger partial charge in [0.2, 0.25) is 10.0 Å². The number of thiol groups is 1. The van der Waals surface area contributed by atoms with Gasteiger partial charge in [-0.2, -0.15) is 0 Å². The maximum atomic E-state index is 12.3. The van der Waals surface area contributed by atoms with Crippen molar-refractivity contribution in [2.45, 2.75) is 23.6 Å². The minimum atomic E-state index is -3.59. The highest BCUT2D eigenvalue weighted by Gasteiger charge is 2.16. The molecule has 0 aliphatic carbocycles. The summed E-state index contributed by atoms with van der Waals surface area (Å²) < 4.78 is 27.1. The summed E-state index contributed by atoms with van der Waals surface area (Å²) in [5.74, 6) is -0.286. The lowest BCUT2D eigenvalue weighted by Crippen LogP contribution is -2.35. The Kier molecular flexibility index (Phi) is 6.04. The summed E-state index contributed by atoms with van der Waals surface area (Å²) in [6.45, 7) is 3.96. The van der Waals surface area contributed by atoms with E-state index in [2.05, 4.69) is 22.7 Å². The van der Waals surface area contributed by atoms with Crippen molar-refractivity contribution in [3.05, 3.63) is 59.2 Å². The number of aryl methyl sites for hydroxylation is 2. The fraction of sp³-hybridized carbons (Fsp3) is 0.235. The van der Waals surface area contributed by atoms with E-state index >= 15 is 0 Å². The van der Waals surface area contributed by atoms with Crippen molar-refractivity contribution in [1.29, 1.82) is 0 Å². The fourth-order valence-corrected chi connectivity index (χ4v) is 3.82. The smallest absolute Gasteiger partial charge is 0.252 e. The molecular weight excluding hydrogens is 344 g/mol. The van der Waals surface area contributed by atoms with Gasteiger partial charge in [-0.15, -0.1) is 12.6 Å². The Hall–Kier alpha value is -1.83. The van der Waals surface area contributed by atoms with E-state index in [-0.39, 0.29) is 23.9 Å². The molecule has 2 aromatic carbocycles. The van der Waals surface area contributed by atoms with E-state index in [4.69, 9.17) is 0 Å². The van der Waals surface area contributed by atoms with E-state index in [1.54, 1.807) is 43.3 Å². The molecule has 5 nitrogen and oxygen atoms in total. The molecule has 24 heavy (non-hydrogen) atoms. The Morgan fingerprint density at radius 3 is 2.46 bits per heavy atom. The van der Waals surface area contributed by atoms with E-state index in [1.807, 2.05) is 13.0 Å². The van der Waals surface area contributed by atoms with E-state index in [0.717, 1.165) is 5.56 Å². The van der Waals surface area contributed by atoms with Crippen molar-refractivity contribution in [2.24, 2.45) is 0 Å². The maximum Gasteiger partial charge on any atom is 0.252 e. The highest BCUT2D eigenvalue weighted by Crippen LogP contribution is 2.16. The molecule has 2 aromatic rings. The lowest BCUT2D eigenvalue weighted by atomic mass is 10.2. The second-order valence-electron chi connectivity index (χ2n) is 5.44. The second kappa shape index (κ2) is 7.83. The lowest BCUT2D eigenvalue weighted by molar-refractivity contribution is 0.0951. The van der Waals surface area contributed by atoms with Crippen molar-refractivity contribution in [2.75, 3.05) is 13.1 Å². The van der Waals surface area contributed by atoms with Gasteiger partial charge in [0.1, 0.15) is 0 Å². The van der Waals surface area contributed by atoms with Crippen LogP contribution in [0.2, 0.25) is 0 Å². The van der Waals surface area contributed by atoms with Crippen LogP contribution < -0.4 is 10.0 Å². The number of nitrogens with one attached hydrogen (secondary N) is 2. The van der Waals surface area contributed by atoms with Gasteiger partial charge in [0.15, 0.2) is 0 Å². The molecule has 0 aromatic heterocycles. The largest absolute Gasteiger partial charge is 0.351 e. The molecule has 7 heteroatoms. The van der Waals surface area contributed by atoms with Gasteiger partial charge in [-0.1, -0.05) is 29.8 Å². The zero-order valence-corrected chi connectivity index (χ0v) is 15.2. The molecule has 0 saturated heterocycles. The van der Waals surface area contributed by atoms with Crippen molar-refractivity contribution < 1.29 is 13.2 Å². The van der Waals surface area contributed by atoms with Crippen LogP contribution in [-0.4, -0.2) is 27.4 Å². The number of rotatable bonds is 6. The molecule has 1 amide bonds. The van der Waals surface area contributed by atoms with Crippen LogP contribution in [0, 0.1) is 13.8 Å². The topological polar surface area (TPSA) is 75.3 Å². The van der Waals surface area contributed by atoms with Crippen LogP contribution in [-0.2, 0) is 10.0 Å². The monoisotopic (exact) mass is 364 g/mol. The van der Waals surface area contributed by atoms with Crippen LogP contribution >= 0.6 is 12.6 Å². The molecule has 128 valence electrons. The summed E-state index contributed by atoms with van der Waals surface area (Å²) in [4.78, 5) is 12.8. The molecule has 0 aliphatic rings. The molecule has 2 rings (SSSR count). The SMILES string of the molecule is Cc1ccc(S(=O)(=O)NCCNC(=O)c2ccccc2S)c(C)c1. The first-order valence-corrected chi connectivity index (χ1v) is 9.37. The van der Waals surface area contributed by atoms with Crippen LogP contribution in [0.1, 0.15) is 21.5 Å². The number of benzene rings is 2. The molecule has 0 bridgehead atoms. The van der Waals surface area contributed by atoms with E-state index in [0.29, 0.717) is 16.0 Å². The first kappa shape index (κ1) is 18.5.